The molecule has 0 radical (unpaired) electrons. The standard InChI is InChI=1S/C23H29N3O2/c1-17-12-14-26(15-13-17)22(19-6-4-3-5-7-19)16-24-23(28)20-8-10-21(11-9-20)25-18(2)27/h3-11,17,22H,12-16H2,1-2H3,(H,24,28)(H,25,27). The first-order valence-electron chi connectivity index (χ1n) is 9.98. The summed E-state index contributed by atoms with van der Waals surface area (Å²) >= 11 is 0. The molecule has 2 aromatic rings. The minimum Gasteiger partial charge on any atom is -0.350 e. The molecule has 1 heterocycles. The number of hydrogen-bond acceptors (Lipinski definition) is 3. The molecule has 5 nitrogen and oxygen atoms in total. The smallest absolute Gasteiger partial charge is 0.251 e. The maximum absolute atomic E-state index is 12.6. The minimum atomic E-state index is -0.126. The summed E-state index contributed by atoms with van der Waals surface area (Å²) in [7, 11) is 0. The average Bonchev–Trinajstić information content (AvgIpc) is 2.70. The van der Waals surface area contributed by atoms with Gasteiger partial charge in [0.25, 0.3) is 5.91 Å². The van der Waals surface area contributed by atoms with Crippen LogP contribution in [0.25, 0.3) is 0 Å². The third-order valence-corrected chi connectivity index (χ3v) is 5.37. The van der Waals surface area contributed by atoms with Gasteiger partial charge < -0.3 is 10.6 Å². The van der Waals surface area contributed by atoms with Crippen LogP contribution in [0, 0.1) is 5.92 Å². The number of amides is 2. The van der Waals surface area contributed by atoms with E-state index in [4.69, 9.17) is 0 Å². The predicted molar refractivity (Wildman–Crippen MR) is 112 cm³/mol. The summed E-state index contributed by atoms with van der Waals surface area (Å²) in [6.07, 6.45) is 2.39. The number of anilines is 1. The van der Waals surface area contributed by atoms with Crippen molar-refractivity contribution in [3.8, 4) is 0 Å². The van der Waals surface area contributed by atoms with Crippen LogP contribution in [0.1, 0.15) is 48.7 Å². The average molecular weight is 380 g/mol. The molecular formula is C23H29N3O2. The maximum Gasteiger partial charge on any atom is 0.251 e. The molecule has 0 bridgehead atoms. The number of benzene rings is 2. The fraction of sp³-hybridized carbons (Fsp3) is 0.391. The van der Waals surface area contributed by atoms with Gasteiger partial charge in [-0.3, -0.25) is 14.5 Å². The van der Waals surface area contributed by atoms with Crippen molar-refractivity contribution >= 4 is 17.5 Å². The van der Waals surface area contributed by atoms with E-state index < -0.39 is 0 Å². The highest BCUT2D eigenvalue weighted by atomic mass is 16.2. The second-order valence-corrected chi connectivity index (χ2v) is 7.61. The molecule has 1 unspecified atom stereocenters. The van der Waals surface area contributed by atoms with E-state index in [2.05, 4.69) is 46.7 Å². The number of hydrogen-bond donors (Lipinski definition) is 2. The Bertz CT molecular complexity index is 781. The number of nitrogens with zero attached hydrogens (tertiary/aromatic N) is 1. The largest absolute Gasteiger partial charge is 0.350 e. The summed E-state index contributed by atoms with van der Waals surface area (Å²) in [6.45, 7) is 6.46. The van der Waals surface area contributed by atoms with Gasteiger partial charge in [-0.25, -0.2) is 0 Å². The predicted octanol–water partition coefficient (Wildman–Crippen LogP) is 3.85. The SMILES string of the molecule is CC(=O)Nc1ccc(C(=O)NCC(c2ccccc2)N2CCC(C)CC2)cc1. The lowest BCUT2D eigenvalue weighted by Crippen LogP contribution is -2.42. The topological polar surface area (TPSA) is 61.4 Å². The molecule has 1 saturated heterocycles. The van der Waals surface area contributed by atoms with Gasteiger partial charge in [0.2, 0.25) is 5.91 Å². The monoisotopic (exact) mass is 379 g/mol. The Morgan fingerprint density at radius 3 is 2.29 bits per heavy atom. The molecule has 1 atom stereocenters. The van der Waals surface area contributed by atoms with E-state index in [1.54, 1.807) is 24.3 Å². The van der Waals surface area contributed by atoms with Gasteiger partial charge in [0.1, 0.15) is 0 Å². The Kier molecular flexibility index (Phi) is 6.82. The van der Waals surface area contributed by atoms with E-state index in [-0.39, 0.29) is 17.9 Å². The molecule has 148 valence electrons. The van der Waals surface area contributed by atoms with Gasteiger partial charge in [-0.15, -0.1) is 0 Å². The lowest BCUT2D eigenvalue weighted by Gasteiger charge is -2.37. The number of likely N-dealkylation sites (tertiary alicyclic amines) is 1. The number of nitrogens with one attached hydrogen (secondary N) is 2. The summed E-state index contributed by atoms with van der Waals surface area (Å²) < 4.78 is 0. The molecular weight excluding hydrogens is 350 g/mol. The molecule has 28 heavy (non-hydrogen) atoms. The van der Waals surface area contributed by atoms with Crippen LogP contribution in [0.15, 0.2) is 54.6 Å². The van der Waals surface area contributed by atoms with Crippen molar-refractivity contribution < 1.29 is 9.59 Å². The van der Waals surface area contributed by atoms with Crippen LogP contribution < -0.4 is 10.6 Å². The molecule has 2 aromatic carbocycles. The zero-order chi connectivity index (χ0) is 19.9. The molecule has 2 amide bonds. The van der Waals surface area contributed by atoms with Crippen LogP contribution in [-0.4, -0.2) is 36.3 Å². The van der Waals surface area contributed by atoms with Crippen LogP contribution in [0.4, 0.5) is 5.69 Å². The Morgan fingerprint density at radius 1 is 1.04 bits per heavy atom. The lowest BCUT2D eigenvalue weighted by molar-refractivity contribution is -0.114. The Balaban J connectivity index is 1.65. The summed E-state index contributed by atoms with van der Waals surface area (Å²) in [4.78, 5) is 26.2. The Labute approximate surface area is 167 Å². The quantitative estimate of drug-likeness (QED) is 0.801. The first-order chi connectivity index (χ1) is 13.5. The summed E-state index contributed by atoms with van der Waals surface area (Å²) in [5.41, 5.74) is 2.51. The van der Waals surface area contributed by atoms with Crippen molar-refractivity contribution in [1.82, 2.24) is 10.2 Å². The summed E-state index contributed by atoms with van der Waals surface area (Å²) in [6, 6.07) is 17.5. The van der Waals surface area contributed by atoms with Crippen molar-refractivity contribution in [3.05, 3.63) is 65.7 Å². The molecule has 1 aliphatic rings. The first kappa shape index (κ1) is 20.1. The van der Waals surface area contributed by atoms with Gasteiger partial charge in [0.05, 0.1) is 6.04 Å². The van der Waals surface area contributed by atoms with Gasteiger partial charge >= 0.3 is 0 Å². The molecule has 0 aliphatic carbocycles. The van der Waals surface area contributed by atoms with Gasteiger partial charge in [-0.05, 0) is 61.7 Å². The molecule has 1 fully saturated rings. The van der Waals surface area contributed by atoms with Gasteiger partial charge in [0.15, 0.2) is 0 Å². The molecule has 0 aromatic heterocycles. The van der Waals surface area contributed by atoms with E-state index in [0.29, 0.717) is 17.8 Å². The number of piperidine rings is 1. The summed E-state index contributed by atoms with van der Waals surface area (Å²) in [5.74, 6) is 0.545. The lowest BCUT2D eigenvalue weighted by atomic mass is 9.95. The third-order valence-electron chi connectivity index (χ3n) is 5.37. The molecule has 5 heteroatoms. The van der Waals surface area contributed by atoms with E-state index in [1.165, 1.54) is 25.3 Å². The van der Waals surface area contributed by atoms with Crippen LogP contribution >= 0.6 is 0 Å². The van der Waals surface area contributed by atoms with Crippen LogP contribution in [0.2, 0.25) is 0 Å². The zero-order valence-electron chi connectivity index (χ0n) is 16.7. The van der Waals surface area contributed by atoms with Crippen LogP contribution in [0.3, 0.4) is 0 Å². The second kappa shape index (κ2) is 9.51. The van der Waals surface area contributed by atoms with Crippen LogP contribution in [0.5, 0.6) is 0 Å². The van der Waals surface area contributed by atoms with Crippen molar-refractivity contribution in [1.29, 1.82) is 0 Å². The van der Waals surface area contributed by atoms with Crippen molar-refractivity contribution in [3.63, 3.8) is 0 Å². The van der Waals surface area contributed by atoms with E-state index in [1.807, 2.05) is 6.07 Å². The van der Waals surface area contributed by atoms with Gasteiger partial charge in [0, 0.05) is 24.7 Å². The molecule has 0 spiro atoms. The first-order valence-corrected chi connectivity index (χ1v) is 9.98. The van der Waals surface area contributed by atoms with E-state index in [9.17, 15) is 9.59 Å². The zero-order valence-corrected chi connectivity index (χ0v) is 16.7. The normalized spacial score (nSPS) is 16.4. The molecule has 0 saturated carbocycles. The second-order valence-electron chi connectivity index (χ2n) is 7.61. The van der Waals surface area contributed by atoms with Crippen molar-refractivity contribution in [2.75, 3.05) is 25.0 Å². The minimum absolute atomic E-state index is 0.0966. The van der Waals surface area contributed by atoms with E-state index >= 15 is 0 Å². The highest BCUT2D eigenvalue weighted by molar-refractivity contribution is 5.95. The Hall–Kier alpha value is -2.66. The molecule has 1 aliphatic heterocycles. The highest BCUT2D eigenvalue weighted by Crippen LogP contribution is 2.26. The van der Waals surface area contributed by atoms with Crippen molar-refractivity contribution in [2.24, 2.45) is 5.92 Å². The fourth-order valence-electron chi connectivity index (χ4n) is 3.67. The van der Waals surface area contributed by atoms with Crippen LogP contribution in [-0.2, 0) is 4.79 Å². The van der Waals surface area contributed by atoms with Crippen molar-refractivity contribution in [2.45, 2.75) is 32.7 Å². The highest BCUT2D eigenvalue weighted by Gasteiger charge is 2.25. The maximum atomic E-state index is 12.6. The fourth-order valence-corrected chi connectivity index (χ4v) is 3.67. The number of carbonyl (C=O) groups is 2. The summed E-state index contributed by atoms with van der Waals surface area (Å²) in [5, 5.41) is 5.81. The Morgan fingerprint density at radius 2 is 1.68 bits per heavy atom. The van der Waals surface area contributed by atoms with Gasteiger partial charge in [-0.2, -0.15) is 0 Å². The van der Waals surface area contributed by atoms with Gasteiger partial charge in [-0.1, -0.05) is 37.3 Å². The molecule has 2 N–H and O–H groups in total. The third kappa shape index (κ3) is 5.42. The van der Waals surface area contributed by atoms with E-state index in [0.717, 1.165) is 19.0 Å². The molecule has 3 rings (SSSR count). The number of rotatable bonds is 6. The number of carbonyl (C=O) groups excluding carboxylic acids is 2.